The van der Waals surface area contributed by atoms with Crippen molar-refractivity contribution in [2.75, 3.05) is 33.9 Å². The lowest BCUT2D eigenvalue weighted by molar-refractivity contribution is 0.0306. The highest BCUT2D eigenvalue weighted by Crippen LogP contribution is 2.42. The molecule has 4 unspecified atom stereocenters. The smallest absolute Gasteiger partial charge is 0.244 e. The lowest BCUT2D eigenvalue weighted by atomic mass is 9.74. The summed E-state index contributed by atoms with van der Waals surface area (Å²) in [6.07, 6.45) is 2.07. The zero-order chi connectivity index (χ0) is 24.6. The number of aryl methyl sites for hydroxylation is 1. The number of hydrogen-bond acceptors (Lipinski definition) is 6. The largest absolute Gasteiger partial charge is 0.497 e. The van der Waals surface area contributed by atoms with Gasteiger partial charge in [0.25, 0.3) is 0 Å². The molecule has 4 atom stereocenters. The Morgan fingerprint density at radius 1 is 1.09 bits per heavy atom. The number of nitrogens with one attached hydrogen (secondary N) is 1. The molecule has 35 heavy (non-hydrogen) atoms. The Kier molecular flexibility index (Phi) is 6.57. The lowest BCUT2D eigenvalue weighted by Gasteiger charge is -2.49. The molecule has 0 radical (unpaired) electrons. The first-order valence-electron chi connectivity index (χ1n) is 11.9. The predicted octanol–water partition coefficient (Wildman–Crippen LogP) is 3.26. The molecule has 0 amide bonds. The van der Waals surface area contributed by atoms with Gasteiger partial charge in [-0.05, 0) is 43.5 Å². The maximum absolute atomic E-state index is 13.1. The molecule has 186 valence electrons. The molecule has 2 bridgehead atoms. The molecular weight excluding hydrogens is 464 g/mol. The second-order valence-corrected chi connectivity index (χ2v) is 11.1. The van der Waals surface area contributed by atoms with E-state index in [2.05, 4.69) is 27.8 Å². The number of nitrogens with zero attached hydrogens (tertiary/aromatic N) is 3. The molecule has 2 aromatic carbocycles. The average molecular weight is 497 g/mol. The molecule has 0 saturated carbocycles. The van der Waals surface area contributed by atoms with E-state index in [-0.39, 0.29) is 10.9 Å². The zero-order valence-electron chi connectivity index (χ0n) is 20.3. The van der Waals surface area contributed by atoms with E-state index in [9.17, 15) is 8.42 Å². The van der Waals surface area contributed by atoms with E-state index in [0.717, 1.165) is 37.2 Å². The van der Waals surface area contributed by atoms with Crippen molar-refractivity contribution in [1.29, 1.82) is 0 Å². The van der Waals surface area contributed by atoms with Crippen LogP contribution in [0.3, 0.4) is 0 Å². The zero-order valence-corrected chi connectivity index (χ0v) is 21.2. The Labute approximate surface area is 206 Å². The maximum Gasteiger partial charge on any atom is 0.244 e. The molecule has 4 heterocycles. The van der Waals surface area contributed by atoms with Crippen LogP contribution >= 0.6 is 0 Å². The number of piperidine rings is 3. The van der Waals surface area contributed by atoms with Gasteiger partial charge in [0.15, 0.2) is 0 Å². The summed E-state index contributed by atoms with van der Waals surface area (Å²) in [5.41, 5.74) is 3.37. The Morgan fingerprint density at radius 2 is 1.89 bits per heavy atom. The minimum absolute atomic E-state index is 0.0940. The monoisotopic (exact) mass is 496 g/mol. The molecule has 1 N–H and O–H groups in total. The summed E-state index contributed by atoms with van der Waals surface area (Å²) in [5.74, 6) is 1.67. The molecule has 1 aromatic heterocycles. The third-order valence-electron chi connectivity index (χ3n) is 7.41. The van der Waals surface area contributed by atoms with Crippen molar-refractivity contribution in [1.82, 2.24) is 19.4 Å². The average Bonchev–Trinajstić information content (AvgIpc) is 3.29. The third kappa shape index (κ3) is 4.68. The van der Waals surface area contributed by atoms with Gasteiger partial charge in [0.05, 0.1) is 19.9 Å². The summed E-state index contributed by atoms with van der Waals surface area (Å²) >= 11 is 0. The molecule has 3 aliphatic rings. The van der Waals surface area contributed by atoms with Crippen molar-refractivity contribution >= 4 is 10.0 Å². The summed E-state index contributed by atoms with van der Waals surface area (Å²) in [5, 5.41) is 4.78. The van der Waals surface area contributed by atoms with Gasteiger partial charge >= 0.3 is 0 Å². The topological polar surface area (TPSA) is 85.7 Å². The minimum atomic E-state index is -3.75. The fraction of sp³-hybridized carbons (Fsp3) is 0.423. The van der Waals surface area contributed by atoms with E-state index in [1.54, 1.807) is 12.1 Å². The number of sulfonamides is 1. The Morgan fingerprint density at radius 3 is 2.57 bits per heavy atom. The number of fused-ring (bicyclic) bond motifs is 3. The van der Waals surface area contributed by atoms with E-state index >= 15 is 0 Å². The molecule has 0 spiro atoms. The number of hydrogen-bond donors (Lipinski definition) is 1. The van der Waals surface area contributed by atoms with E-state index in [1.807, 2.05) is 29.9 Å². The first-order valence-corrected chi connectivity index (χ1v) is 13.4. The quantitative estimate of drug-likeness (QED) is 0.515. The number of ether oxygens (including phenoxy) is 2. The van der Waals surface area contributed by atoms with Gasteiger partial charge in [-0.2, -0.15) is 5.10 Å². The van der Waals surface area contributed by atoms with Crippen molar-refractivity contribution in [3.05, 3.63) is 60.3 Å². The van der Waals surface area contributed by atoms with Gasteiger partial charge < -0.3 is 9.47 Å². The van der Waals surface area contributed by atoms with Gasteiger partial charge in [-0.3, -0.25) is 9.58 Å². The first-order chi connectivity index (χ1) is 16.9. The summed E-state index contributed by atoms with van der Waals surface area (Å²) in [7, 11) is 1.25. The van der Waals surface area contributed by atoms with Crippen molar-refractivity contribution in [2.24, 2.45) is 13.0 Å². The summed E-state index contributed by atoms with van der Waals surface area (Å²) in [6.45, 7) is 2.26. The van der Waals surface area contributed by atoms with Crippen LogP contribution in [0.1, 0.15) is 24.5 Å². The Hall–Kier alpha value is -2.88. The molecule has 3 aliphatic heterocycles. The fourth-order valence-corrected chi connectivity index (χ4v) is 6.80. The second kappa shape index (κ2) is 9.64. The lowest BCUT2D eigenvalue weighted by Crippen LogP contribution is -2.56. The van der Waals surface area contributed by atoms with Crippen molar-refractivity contribution in [2.45, 2.75) is 29.7 Å². The normalized spacial score (nSPS) is 23.9. The van der Waals surface area contributed by atoms with Crippen molar-refractivity contribution in [3.8, 4) is 22.8 Å². The Bertz CT molecular complexity index is 1290. The van der Waals surface area contributed by atoms with E-state index in [4.69, 9.17) is 14.6 Å². The molecule has 9 heteroatoms. The summed E-state index contributed by atoms with van der Waals surface area (Å²) < 4.78 is 41.6. The van der Waals surface area contributed by atoms with Crippen molar-refractivity contribution in [3.63, 3.8) is 0 Å². The van der Waals surface area contributed by atoms with Gasteiger partial charge in [-0.25, -0.2) is 13.1 Å². The third-order valence-corrected chi connectivity index (χ3v) is 8.86. The van der Waals surface area contributed by atoms with Crippen LogP contribution in [0, 0.1) is 5.92 Å². The van der Waals surface area contributed by atoms with Crippen LogP contribution in [0.25, 0.3) is 11.3 Å². The van der Waals surface area contributed by atoms with Gasteiger partial charge in [-0.15, -0.1) is 0 Å². The molecule has 8 nitrogen and oxygen atoms in total. The van der Waals surface area contributed by atoms with E-state index < -0.39 is 10.0 Å². The highest BCUT2D eigenvalue weighted by atomic mass is 32.2. The van der Waals surface area contributed by atoms with E-state index in [1.165, 1.54) is 26.0 Å². The second-order valence-electron chi connectivity index (χ2n) is 9.35. The van der Waals surface area contributed by atoms with Crippen LogP contribution in [0.5, 0.6) is 11.5 Å². The van der Waals surface area contributed by atoms with Gasteiger partial charge in [0.1, 0.15) is 16.4 Å². The van der Waals surface area contributed by atoms with Crippen LogP contribution in [-0.2, 0) is 17.1 Å². The first kappa shape index (κ1) is 23.8. The highest BCUT2D eigenvalue weighted by molar-refractivity contribution is 7.89. The Balaban J connectivity index is 1.29. The molecule has 3 aromatic rings. The SMILES string of the molecule is COc1ccc(OC)c(S(=O)(=O)NCC2CC3CCN2CC3c2cc(-c3ccccc3)nn2C)c1. The minimum Gasteiger partial charge on any atom is -0.497 e. The van der Waals surface area contributed by atoms with Crippen LogP contribution in [0.2, 0.25) is 0 Å². The van der Waals surface area contributed by atoms with E-state index in [0.29, 0.717) is 29.9 Å². The molecular formula is C26H32N4O4S. The fourth-order valence-electron chi connectivity index (χ4n) is 5.54. The van der Waals surface area contributed by atoms with Crippen LogP contribution in [-0.4, -0.2) is 63.0 Å². The number of benzene rings is 2. The predicted molar refractivity (Wildman–Crippen MR) is 134 cm³/mol. The molecule has 3 saturated heterocycles. The number of methoxy groups -OCH3 is 2. The maximum atomic E-state index is 13.1. The molecule has 6 rings (SSSR count). The highest BCUT2D eigenvalue weighted by Gasteiger charge is 2.42. The summed E-state index contributed by atoms with van der Waals surface area (Å²) in [6, 6.07) is 17.4. The number of aromatic nitrogens is 2. The van der Waals surface area contributed by atoms with Crippen LogP contribution in [0.4, 0.5) is 0 Å². The van der Waals surface area contributed by atoms with Gasteiger partial charge in [-0.1, -0.05) is 30.3 Å². The summed E-state index contributed by atoms with van der Waals surface area (Å²) in [4.78, 5) is 2.52. The van der Waals surface area contributed by atoms with Crippen LogP contribution < -0.4 is 14.2 Å². The standard InChI is InChI=1S/C26H32N4O4S/c1-29-24(15-23(28-29)18-7-5-4-6-8-18)22-17-30-12-11-19(22)13-20(30)16-27-35(31,32)26-14-21(33-2)9-10-25(26)34-3/h4-10,14-15,19-20,22,27H,11-13,16-17H2,1-3H3. The van der Waals surface area contributed by atoms with Crippen molar-refractivity contribution < 1.29 is 17.9 Å². The molecule has 3 fully saturated rings. The number of rotatable bonds is 8. The molecule has 0 aliphatic carbocycles. The van der Waals surface area contributed by atoms with Gasteiger partial charge in [0.2, 0.25) is 10.0 Å². The van der Waals surface area contributed by atoms with Gasteiger partial charge in [0, 0.05) is 49.4 Å². The van der Waals surface area contributed by atoms with Crippen LogP contribution in [0.15, 0.2) is 59.5 Å².